The molecule has 0 radical (unpaired) electrons. The van der Waals surface area contributed by atoms with Crippen LogP contribution in [0.2, 0.25) is 0 Å². The molecule has 530 valence electrons. The summed E-state index contributed by atoms with van der Waals surface area (Å²) in [6, 6.07) is 28.6. The number of sulfonamides is 1. The van der Waals surface area contributed by atoms with Crippen LogP contribution in [0.3, 0.4) is 0 Å². The van der Waals surface area contributed by atoms with Gasteiger partial charge in [0.25, 0.3) is 10.0 Å². The average molecular weight is 1400 g/mol. The monoisotopic (exact) mass is 1400 g/mol. The number of aromatic nitrogens is 1. The molecule has 5 aromatic carbocycles. The molecule has 0 unspecified atom stereocenters. The van der Waals surface area contributed by atoms with Crippen molar-refractivity contribution in [3.8, 4) is 5.75 Å². The predicted molar refractivity (Wildman–Crippen MR) is 378 cm³/mol. The maximum Gasteiger partial charge on any atom is 0.419 e. The molecule has 0 spiro atoms. The zero-order valence-corrected chi connectivity index (χ0v) is 59.6. The molecule has 0 aliphatic carbocycles. The number of para-hydroxylation sites is 1. The Morgan fingerprint density at radius 2 is 1.32 bits per heavy atom. The van der Waals surface area contributed by atoms with Gasteiger partial charge in [-0.1, -0.05) is 109 Å². The highest BCUT2D eigenvalue weighted by molar-refractivity contribution is 8.00. The normalized spacial score (nSPS) is 15.6. The number of ether oxygens (including phenoxy) is 3. The molecule has 0 bridgehead atoms. The number of carboxylic acid groups (broad SMARTS) is 1. The molecule has 3 heterocycles. The van der Waals surface area contributed by atoms with E-state index in [0.717, 1.165) is 22.3 Å². The first-order valence-corrected chi connectivity index (χ1v) is 35.5. The summed E-state index contributed by atoms with van der Waals surface area (Å²) in [4.78, 5) is 114. The van der Waals surface area contributed by atoms with E-state index < -0.39 is 128 Å². The number of hydrogen-bond donors (Lipinski definition) is 9. The quantitative estimate of drug-likeness (QED) is 0.00783. The van der Waals surface area contributed by atoms with Gasteiger partial charge in [0, 0.05) is 48.8 Å². The summed E-state index contributed by atoms with van der Waals surface area (Å²) in [5.74, 6) is -6.36. The number of nitrogens with zero attached hydrogens (tertiary/aromatic N) is 2. The van der Waals surface area contributed by atoms with E-state index in [1.54, 1.807) is 79.7 Å². The number of carboxylic acids is 1. The molecule has 10 N–H and O–H groups in total. The summed E-state index contributed by atoms with van der Waals surface area (Å²) >= 11 is 1.33. The lowest BCUT2D eigenvalue weighted by atomic mass is 9.84. The van der Waals surface area contributed by atoms with Crippen LogP contribution in [0.15, 0.2) is 126 Å². The molecule has 8 rings (SSSR count). The van der Waals surface area contributed by atoms with Crippen molar-refractivity contribution in [3.63, 3.8) is 0 Å². The fourth-order valence-corrected chi connectivity index (χ4v) is 15.6. The number of thioether (sulfide) groups is 1. The third-order valence-corrected chi connectivity index (χ3v) is 20.4. The van der Waals surface area contributed by atoms with Gasteiger partial charge in [-0.2, -0.15) is 0 Å². The van der Waals surface area contributed by atoms with Crippen LogP contribution in [0.25, 0.3) is 10.9 Å². The second-order valence-electron chi connectivity index (χ2n) is 27.7. The van der Waals surface area contributed by atoms with Crippen LogP contribution in [0, 0.1) is 26.2 Å². The van der Waals surface area contributed by atoms with E-state index in [4.69, 9.17) is 25.4 Å². The Morgan fingerprint density at radius 3 is 1.91 bits per heavy atom. The highest BCUT2D eigenvalue weighted by Crippen LogP contribution is 2.49. The SMILES string of the molecule is Cc1c(C)c(S(=O)(=O)NC(=N)NCCCC[C@H](N)C(=O)NCC(=O)N[C@@H](CC(=O)OC(C)(C)C)C(=O)N[C@@H](Cc2cn(C(=O)OC(C)(C)C)c3ccccc23)C(=O)N2CCC[C@H]2C(=O)N[C@@H](CSC(c2ccccc2)(c2ccccc2)c2ccccc2)C(=O)O)c(C)c2c1OC(C)(C)C2. The van der Waals surface area contributed by atoms with Crippen LogP contribution in [0.4, 0.5) is 4.79 Å². The van der Waals surface area contributed by atoms with E-state index in [0.29, 0.717) is 64.6 Å². The molecule has 5 atom stereocenters. The van der Waals surface area contributed by atoms with Crippen molar-refractivity contribution in [1.29, 1.82) is 5.41 Å². The number of amides is 5. The van der Waals surface area contributed by atoms with Gasteiger partial charge >= 0.3 is 18.0 Å². The van der Waals surface area contributed by atoms with Crippen molar-refractivity contribution in [1.82, 2.24) is 40.8 Å². The van der Waals surface area contributed by atoms with Crippen LogP contribution in [-0.2, 0) is 70.6 Å². The van der Waals surface area contributed by atoms with Gasteiger partial charge in [0.05, 0.1) is 34.2 Å². The van der Waals surface area contributed by atoms with Crippen molar-refractivity contribution < 1.29 is 66.1 Å². The summed E-state index contributed by atoms with van der Waals surface area (Å²) in [5.41, 5.74) is 9.78. The molecule has 1 aromatic heterocycles. The largest absolute Gasteiger partial charge is 0.487 e. The van der Waals surface area contributed by atoms with Gasteiger partial charge in [-0.15, -0.1) is 11.8 Å². The van der Waals surface area contributed by atoms with Crippen molar-refractivity contribution in [2.24, 2.45) is 5.73 Å². The number of esters is 1. The summed E-state index contributed by atoms with van der Waals surface area (Å²) < 4.78 is 47.5. The Balaban J connectivity index is 0.966. The maximum atomic E-state index is 15.5. The third kappa shape index (κ3) is 18.9. The number of carbonyl (C=O) groups excluding carboxylic acids is 7. The lowest BCUT2D eigenvalue weighted by Crippen LogP contribution is -2.59. The molecule has 2 aliphatic rings. The van der Waals surface area contributed by atoms with Crippen molar-refractivity contribution in [3.05, 3.63) is 166 Å². The lowest BCUT2D eigenvalue weighted by Gasteiger charge is -2.36. The third-order valence-electron chi connectivity index (χ3n) is 17.1. The number of benzene rings is 5. The smallest absolute Gasteiger partial charge is 0.419 e. The molecular weight excluding hydrogens is 1300 g/mol. The maximum absolute atomic E-state index is 15.5. The number of unbranched alkanes of at least 4 members (excludes halogenated alkanes) is 1. The number of guanidine groups is 1. The van der Waals surface area contributed by atoms with E-state index in [1.807, 2.05) is 112 Å². The molecule has 1 fully saturated rings. The van der Waals surface area contributed by atoms with E-state index in [-0.39, 0.29) is 43.0 Å². The average Bonchev–Trinajstić information content (AvgIpc) is 1.73. The summed E-state index contributed by atoms with van der Waals surface area (Å²) in [6.45, 7) is 18.5. The molecule has 26 heteroatoms. The van der Waals surface area contributed by atoms with Gasteiger partial charge in [-0.25, -0.2) is 22.7 Å². The Kier molecular flexibility index (Phi) is 24.2. The molecule has 1 saturated heterocycles. The van der Waals surface area contributed by atoms with E-state index >= 15 is 4.79 Å². The Morgan fingerprint density at radius 1 is 0.737 bits per heavy atom. The van der Waals surface area contributed by atoms with Crippen molar-refractivity contribution >= 4 is 86.2 Å². The molecule has 24 nitrogen and oxygen atoms in total. The van der Waals surface area contributed by atoms with Crippen LogP contribution in [0.5, 0.6) is 5.75 Å². The molecule has 5 amide bonds. The van der Waals surface area contributed by atoms with E-state index in [1.165, 1.54) is 27.4 Å². The minimum atomic E-state index is -4.18. The van der Waals surface area contributed by atoms with Crippen molar-refractivity contribution in [2.45, 2.75) is 184 Å². The second kappa shape index (κ2) is 31.7. The van der Waals surface area contributed by atoms with Gasteiger partial charge in [-0.05, 0) is 153 Å². The number of nitrogens with one attached hydrogen (secondary N) is 7. The first-order valence-electron chi connectivity index (χ1n) is 33.1. The molecule has 99 heavy (non-hydrogen) atoms. The topological polar surface area (TPSA) is 349 Å². The number of hydrogen-bond acceptors (Lipinski definition) is 16. The first-order chi connectivity index (χ1) is 46.6. The second-order valence-corrected chi connectivity index (χ2v) is 30.5. The highest BCUT2D eigenvalue weighted by Gasteiger charge is 2.44. The van der Waals surface area contributed by atoms with Gasteiger partial charge < -0.3 is 56.5 Å². The number of rotatable bonds is 27. The number of nitrogens with two attached hydrogens (primary N) is 1. The number of fused-ring (bicyclic) bond motifs is 2. The van der Waals surface area contributed by atoms with Gasteiger partial charge in [0.2, 0.25) is 35.5 Å². The van der Waals surface area contributed by atoms with Crippen LogP contribution >= 0.6 is 11.8 Å². The van der Waals surface area contributed by atoms with E-state index in [2.05, 4.69) is 31.3 Å². The predicted octanol–water partition coefficient (Wildman–Crippen LogP) is 7.71. The minimum absolute atomic E-state index is 0.00557. The fraction of sp³-hybridized carbons (Fsp3) is 0.438. The lowest BCUT2D eigenvalue weighted by molar-refractivity contribution is -0.156. The summed E-state index contributed by atoms with van der Waals surface area (Å²) in [7, 11) is -4.18. The van der Waals surface area contributed by atoms with Crippen molar-refractivity contribution in [2.75, 3.05) is 25.4 Å². The number of carbonyl (C=O) groups is 8. The highest BCUT2D eigenvalue weighted by atomic mass is 32.2. The number of aliphatic carboxylic acids is 1. The van der Waals surface area contributed by atoms with Gasteiger partial charge in [-0.3, -0.25) is 38.7 Å². The molecule has 6 aromatic rings. The zero-order chi connectivity index (χ0) is 72.4. The van der Waals surface area contributed by atoms with Crippen LogP contribution in [0.1, 0.15) is 138 Å². The molecule has 2 aliphatic heterocycles. The number of likely N-dealkylation sites (tertiary alicyclic amines) is 1. The fourth-order valence-electron chi connectivity index (χ4n) is 12.5. The molecular formula is C73H92N10O14S2. The molecule has 0 saturated carbocycles. The minimum Gasteiger partial charge on any atom is -0.487 e. The zero-order valence-electron chi connectivity index (χ0n) is 58.0. The standard InChI is InChI=1S/C73H92N10O14S2/c1-44-45(2)62(46(3)52-40-72(10,11)96-61(44)52)99(93,94)81-68(75)76-36-24-23-33-53(74)63(86)77-41-59(84)78-54(39-60(85)95-70(4,5)6)64(87)79-55(38-47-42-83(69(92)97-71(7,8)9)57-34-22-21-32-51(47)57)66(89)82-37-25-35-58(82)65(88)80-56(67(90)91)43-98-73(48-26-15-12-16-27-48,49-28-17-13-18-29-49)50-30-19-14-20-31-50/h12-22,26-32,34,42,53-56,58H,23-25,33,35-41,43,74H2,1-11H3,(H,77,86)(H,78,84)(H,79,87)(H,80,88)(H,90,91)(H3,75,76,81)/t53-,54-,55-,56-,58-/m0/s1. The first kappa shape index (κ1) is 75.5. The van der Waals surface area contributed by atoms with E-state index in [9.17, 15) is 47.1 Å². The summed E-state index contributed by atoms with van der Waals surface area (Å²) in [6.07, 6.45) is 1.45. The Hall–Kier alpha value is -9.27. The Labute approximate surface area is 582 Å². The summed E-state index contributed by atoms with van der Waals surface area (Å²) in [5, 5.41) is 33.0. The van der Waals surface area contributed by atoms with Crippen LogP contribution < -0.4 is 41.8 Å². The van der Waals surface area contributed by atoms with Gasteiger partial charge in [0.1, 0.15) is 46.7 Å². The Bertz CT molecular complexity index is 4000. The van der Waals surface area contributed by atoms with Crippen LogP contribution in [-0.4, -0.2) is 149 Å². The van der Waals surface area contributed by atoms with Gasteiger partial charge in [0.15, 0.2) is 0 Å².